The third-order valence-corrected chi connectivity index (χ3v) is 3.29. The van der Waals surface area contributed by atoms with Crippen molar-refractivity contribution >= 4 is 17.7 Å². The van der Waals surface area contributed by atoms with Crippen molar-refractivity contribution in [2.75, 3.05) is 13.1 Å². The number of carbonyl (C=O) groups is 1. The third kappa shape index (κ3) is 3.64. The molecule has 0 bridgehead atoms. The third-order valence-electron chi connectivity index (χ3n) is 3.29. The van der Waals surface area contributed by atoms with Gasteiger partial charge in [-0.05, 0) is 36.6 Å². The Morgan fingerprint density at radius 2 is 2.10 bits per heavy atom. The highest BCUT2D eigenvalue weighted by atomic mass is 16.6. The molecule has 1 aromatic rings. The standard InChI is InChI=1S/C14H17N3O3/c15-12-2-1-9-16(10-12)14(18)8-5-11-3-6-13(7-4-11)17(19)20/h3-8,12H,1-2,9-10,15H2/b8-5+/t12-/m1/s1. The van der Waals surface area contributed by atoms with E-state index in [-0.39, 0.29) is 17.6 Å². The van der Waals surface area contributed by atoms with Gasteiger partial charge in [0, 0.05) is 37.3 Å². The first-order valence-corrected chi connectivity index (χ1v) is 6.53. The molecule has 0 radical (unpaired) electrons. The number of nitro benzene ring substituents is 1. The molecule has 1 aromatic carbocycles. The number of hydrogen-bond donors (Lipinski definition) is 1. The Balaban J connectivity index is 1.97. The minimum Gasteiger partial charge on any atom is -0.338 e. The molecule has 0 spiro atoms. The molecular weight excluding hydrogens is 258 g/mol. The number of benzene rings is 1. The lowest BCUT2D eigenvalue weighted by molar-refractivity contribution is -0.384. The predicted molar refractivity (Wildman–Crippen MR) is 75.9 cm³/mol. The Labute approximate surface area is 117 Å². The summed E-state index contributed by atoms with van der Waals surface area (Å²) in [7, 11) is 0. The number of non-ortho nitro benzene ring substituents is 1. The smallest absolute Gasteiger partial charge is 0.269 e. The topological polar surface area (TPSA) is 89.5 Å². The van der Waals surface area contributed by atoms with Gasteiger partial charge in [-0.1, -0.05) is 0 Å². The van der Waals surface area contributed by atoms with Crippen LogP contribution in [-0.2, 0) is 4.79 Å². The lowest BCUT2D eigenvalue weighted by Crippen LogP contribution is -2.45. The van der Waals surface area contributed by atoms with Crippen LogP contribution < -0.4 is 5.73 Å². The quantitative estimate of drug-likeness (QED) is 0.515. The largest absolute Gasteiger partial charge is 0.338 e. The second-order valence-electron chi connectivity index (χ2n) is 4.87. The number of likely N-dealkylation sites (tertiary alicyclic amines) is 1. The Bertz CT molecular complexity index is 525. The zero-order chi connectivity index (χ0) is 14.5. The minimum absolute atomic E-state index is 0.0375. The number of amides is 1. The van der Waals surface area contributed by atoms with Gasteiger partial charge in [0.2, 0.25) is 5.91 Å². The van der Waals surface area contributed by atoms with Crippen LogP contribution in [0.4, 0.5) is 5.69 Å². The fourth-order valence-electron chi connectivity index (χ4n) is 2.19. The van der Waals surface area contributed by atoms with Crippen molar-refractivity contribution in [3.05, 3.63) is 46.0 Å². The number of nitro groups is 1. The average Bonchev–Trinajstić information content (AvgIpc) is 2.45. The van der Waals surface area contributed by atoms with Crippen LogP contribution in [0, 0.1) is 10.1 Å². The van der Waals surface area contributed by atoms with Crippen LogP contribution in [0.5, 0.6) is 0 Å². The molecule has 2 rings (SSSR count). The van der Waals surface area contributed by atoms with Crippen molar-refractivity contribution in [3.8, 4) is 0 Å². The Hall–Kier alpha value is -2.21. The summed E-state index contributed by atoms with van der Waals surface area (Å²) in [6.07, 6.45) is 5.03. The molecule has 0 saturated carbocycles. The molecule has 1 saturated heterocycles. The highest BCUT2D eigenvalue weighted by Crippen LogP contribution is 2.13. The van der Waals surface area contributed by atoms with Crippen molar-refractivity contribution in [3.63, 3.8) is 0 Å². The molecule has 0 aliphatic carbocycles. The van der Waals surface area contributed by atoms with Crippen molar-refractivity contribution in [2.24, 2.45) is 5.73 Å². The fourth-order valence-corrected chi connectivity index (χ4v) is 2.19. The summed E-state index contributed by atoms with van der Waals surface area (Å²) in [5, 5.41) is 10.5. The summed E-state index contributed by atoms with van der Waals surface area (Å²) >= 11 is 0. The van der Waals surface area contributed by atoms with Gasteiger partial charge in [-0.2, -0.15) is 0 Å². The number of hydrogen-bond acceptors (Lipinski definition) is 4. The number of nitrogens with two attached hydrogens (primary N) is 1. The number of rotatable bonds is 3. The maximum atomic E-state index is 12.0. The van der Waals surface area contributed by atoms with Crippen LogP contribution in [0.15, 0.2) is 30.3 Å². The molecule has 20 heavy (non-hydrogen) atoms. The normalized spacial score (nSPS) is 19.2. The first-order valence-electron chi connectivity index (χ1n) is 6.53. The summed E-state index contributed by atoms with van der Waals surface area (Å²) in [5.74, 6) is -0.0708. The molecule has 6 heteroatoms. The summed E-state index contributed by atoms with van der Waals surface area (Å²) in [5.41, 5.74) is 6.63. The number of nitrogens with zero attached hydrogens (tertiary/aromatic N) is 2. The highest BCUT2D eigenvalue weighted by Gasteiger charge is 2.19. The summed E-state index contributed by atoms with van der Waals surface area (Å²) < 4.78 is 0. The monoisotopic (exact) mass is 275 g/mol. The van der Waals surface area contributed by atoms with Crippen LogP contribution in [0.3, 0.4) is 0 Å². The molecule has 1 amide bonds. The average molecular weight is 275 g/mol. The molecule has 0 unspecified atom stereocenters. The molecule has 1 aliphatic rings. The maximum Gasteiger partial charge on any atom is 0.269 e. The summed E-state index contributed by atoms with van der Waals surface area (Å²) in [4.78, 5) is 23.8. The maximum absolute atomic E-state index is 12.0. The molecule has 0 aromatic heterocycles. The van der Waals surface area contributed by atoms with E-state index in [1.807, 2.05) is 0 Å². The van der Waals surface area contributed by atoms with Crippen LogP contribution in [0.1, 0.15) is 18.4 Å². The van der Waals surface area contributed by atoms with E-state index in [4.69, 9.17) is 5.73 Å². The van der Waals surface area contributed by atoms with E-state index in [2.05, 4.69) is 0 Å². The Kier molecular flexibility index (Phi) is 4.47. The molecule has 6 nitrogen and oxygen atoms in total. The zero-order valence-corrected chi connectivity index (χ0v) is 11.1. The van der Waals surface area contributed by atoms with Crippen LogP contribution in [0.25, 0.3) is 6.08 Å². The highest BCUT2D eigenvalue weighted by molar-refractivity contribution is 5.91. The van der Waals surface area contributed by atoms with E-state index in [0.29, 0.717) is 6.54 Å². The van der Waals surface area contributed by atoms with Gasteiger partial charge in [-0.15, -0.1) is 0 Å². The van der Waals surface area contributed by atoms with Gasteiger partial charge in [0.05, 0.1) is 4.92 Å². The molecular formula is C14H17N3O3. The van der Waals surface area contributed by atoms with Gasteiger partial charge in [0.1, 0.15) is 0 Å². The second kappa shape index (κ2) is 6.29. The van der Waals surface area contributed by atoms with E-state index >= 15 is 0 Å². The Morgan fingerprint density at radius 3 is 2.70 bits per heavy atom. The number of piperidine rings is 1. The lowest BCUT2D eigenvalue weighted by Gasteiger charge is -2.29. The Morgan fingerprint density at radius 1 is 1.40 bits per heavy atom. The van der Waals surface area contributed by atoms with Crippen molar-refractivity contribution in [1.82, 2.24) is 4.90 Å². The van der Waals surface area contributed by atoms with E-state index in [1.165, 1.54) is 18.2 Å². The SMILES string of the molecule is N[C@@H]1CCCN(C(=O)/C=C/c2ccc([N+](=O)[O-])cc2)C1. The summed E-state index contributed by atoms with van der Waals surface area (Å²) in [6.45, 7) is 1.32. The van der Waals surface area contributed by atoms with Gasteiger partial charge < -0.3 is 10.6 Å². The minimum atomic E-state index is -0.451. The van der Waals surface area contributed by atoms with Crippen LogP contribution in [0.2, 0.25) is 0 Å². The van der Waals surface area contributed by atoms with E-state index < -0.39 is 4.92 Å². The van der Waals surface area contributed by atoms with Crippen molar-refractivity contribution < 1.29 is 9.72 Å². The summed E-state index contributed by atoms with van der Waals surface area (Å²) in [6, 6.07) is 6.12. The van der Waals surface area contributed by atoms with Gasteiger partial charge in [-0.3, -0.25) is 14.9 Å². The lowest BCUT2D eigenvalue weighted by atomic mass is 10.1. The van der Waals surface area contributed by atoms with Crippen LogP contribution >= 0.6 is 0 Å². The molecule has 1 aliphatic heterocycles. The second-order valence-corrected chi connectivity index (χ2v) is 4.87. The molecule has 1 fully saturated rings. The van der Waals surface area contributed by atoms with E-state index in [9.17, 15) is 14.9 Å². The van der Waals surface area contributed by atoms with Gasteiger partial charge in [-0.25, -0.2) is 0 Å². The molecule has 2 N–H and O–H groups in total. The number of carbonyl (C=O) groups excluding carboxylic acids is 1. The van der Waals surface area contributed by atoms with E-state index in [1.54, 1.807) is 23.1 Å². The zero-order valence-electron chi connectivity index (χ0n) is 11.1. The predicted octanol–water partition coefficient (Wildman–Crippen LogP) is 1.56. The van der Waals surface area contributed by atoms with Crippen molar-refractivity contribution in [2.45, 2.75) is 18.9 Å². The fraction of sp³-hybridized carbons (Fsp3) is 0.357. The van der Waals surface area contributed by atoms with Gasteiger partial charge in [0.15, 0.2) is 0 Å². The van der Waals surface area contributed by atoms with E-state index in [0.717, 1.165) is 24.9 Å². The van der Waals surface area contributed by atoms with Crippen LogP contribution in [-0.4, -0.2) is 34.9 Å². The molecule has 106 valence electrons. The van der Waals surface area contributed by atoms with Gasteiger partial charge in [0.25, 0.3) is 5.69 Å². The first kappa shape index (κ1) is 14.2. The van der Waals surface area contributed by atoms with Gasteiger partial charge >= 0.3 is 0 Å². The molecule has 1 atom stereocenters. The van der Waals surface area contributed by atoms with Crippen molar-refractivity contribution in [1.29, 1.82) is 0 Å². The first-order chi connectivity index (χ1) is 9.56. The molecule has 1 heterocycles.